The molecule has 19 heavy (non-hydrogen) atoms. The van der Waals surface area contributed by atoms with Gasteiger partial charge in [-0.3, -0.25) is 4.79 Å². The van der Waals surface area contributed by atoms with Gasteiger partial charge in [0.25, 0.3) is 5.91 Å². The van der Waals surface area contributed by atoms with Crippen LogP contribution in [0.15, 0.2) is 18.3 Å². The smallest absolute Gasteiger partial charge is 0.272 e. The normalized spacial score (nSPS) is 18.6. The van der Waals surface area contributed by atoms with Crippen LogP contribution in [0.2, 0.25) is 0 Å². The Hall–Kier alpha value is -1.51. The lowest BCUT2D eigenvalue weighted by Crippen LogP contribution is -2.44. The van der Waals surface area contributed by atoms with Gasteiger partial charge in [-0.2, -0.15) is 11.8 Å². The van der Waals surface area contributed by atoms with Crippen LogP contribution in [0.5, 0.6) is 0 Å². The summed E-state index contributed by atoms with van der Waals surface area (Å²) in [6.45, 7) is 3.19. The van der Waals surface area contributed by atoms with Gasteiger partial charge >= 0.3 is 0 Å². The summed E-state index contributed by atoms with van der Waals surface area (Å²) >= 11 is 1.89. The van der Waals surface area contributed by atoms with Crippen LogP contribution in [0.1, 0.15) is 23.0 Å². The van der Waals surface area contributed by atoms with Crippen LogP contribution in [0.3, 0.4) is 0 Å². The highest BCUT2D eigenvalue weighted by atomic mass is 32.2. The van der Waals surface area contributed by atoms with Crippen LogP contribution in [0.25, 0.3) is 0 Å². The largest absolute Gasteiger partial charge is 0.333 e. The second-order valence-electron chi connectivity index (χ2n) is 4.36. The Morgan fingerprint density at radius 1 is 1.63 bits per heavy atom. The maximum absolute atomic E-state index is 12.3. The molecule has 1 unspecified atom stereocenters. The zero-order valence-electron chi connectivity index (χ0n) is 10.9. The first kappa shape index (κ1) is 13.9. The number of nitrogens with zero attached hydrogens (tertiary/aromatic N) is 2. The highest BCUT2D eigenvalue weighted by Gasteiger charge is 2.25. The zero-order valence-corrected chi connectivity index (χ0v) is 11.7. The Morgan fingerprint density at radius 2 is 2.47 bits per heavy atom. The van der Waals surface area contributed by atoms with Crippen LogP contribution < -0.4 is 5.73 Å². The van der Waals surface area contributed by atoms with E-state index >= 15 is 0 Å². The lowest BCUT2D eigenvalue weighted by molar-refractivity contribution is 0.0710. The molecule has 0 radical (unpaired) electrons. The van der Waals surface area contributed by atoms with Gasteiger partial charge in [0.05, 0.1) is 6.54 Å². The number of carbonyl (C=O) groups is 1. The van der Waals surface area contributed by atoms with Crippen molar-refractivity contribution in [1.82, 2.24) is 9.88 Å². The lowest BCUT2D eigenvalue weighted by atomic mass is 10.2. The Kier molecular flexibility index (Phi) is 4.83. The molecule has 1 saturated heterocycles. The molecule has 2 rings (SSSR count). The molecule has 2 heterocycles. The van der Waals surface area contributed by atoms with Crippen LogP contribution in [0.4, 0.5) is 0 Å². The first-order valence-corrected chi connectivity index (χ1v) is 7.41. The number of hydrogen-bond donors (Lipinski definition) is 1. The molecule has 0 saturated carbocycles. The fraction of sp³-hybridized carbons (Fsp3) is 0.429. The average molecular weight is 275 g/mol. The fourth-order valence-electron chi connectivity index (χ4n) is 1.92. The third kappa shape index (κ3) is 3.49. The number of aromatic nitrogens is 1. The van der Waals surface area contributed by atoms with Crippen LogP contribution >= 0.6 is 11.8 Å². The molecule has 1 atom stereocenters. The summed E-state index contributed by atoms with van der Waals surface area (Å²) in [6.07, 6.45) is 1.62. The van der Waals surface area contributed by atoms with E-state index in [0.717, 1.165) is 23.6 Å². The minimum absolute atomic E-state index is 0.00568. The van der Waals surface area contributed by atoms with E-state index in [0.29, 0.717) is 12.2 Å². The van der Waals surface area contributed by atoms with E-state index in [2.05, 4.69) is 23.7 Å². The summed E-state index contributed by atoms with van der Waals surface area (Å²) in [5.41, 5.74) is 6.58. The highest BCUT2D eigenvalue weighted by molar-refractivity contribution is 7.99. The molecule has 1 aromatic heterocycles. The number of hydrogen-bond acceptors (Lipinski definition) is 4. The second-order valence-corrected chi connectivity index (χ2v) is 5.51. The van der Waals surface area contributed by atoms with Crippen molar-refractivity contribution in [2.45, 2.75) is 13.0 Å². The van der Waals surface area contributed by atoms with Gasteiger partial charge in [0.15, 0.2) is 0 Å². The third-order valence-electron chi connectivity index (χ3n) is 2.95. The Morgan fingerprint density at radius 3 is 3.11 bits per heavy atom. The number of pyridine rings is 1. The number of nitrogens with two attached hydrogens (primary N) is 1. The van der Waals surface area contributed by atoms with Crippen molar-refractivity contribution in [3.05, 3.63) is 29.6 Å². The molecular weight excluding hydrogens is 258 g/mol. The monoisotopic (exact) mass is 275 g/mol. The van der Waals surface area contributed by atoms with Crippen molar-refractivity contribution >= 4 is 17.7 Å². The number of carbonyl (C=O) groups excluding carboxylic acids is 1. The van der Waals surface area contributed by atoms with Crippen molar-refractivity contribution in [3.8, 4) is 11.8 Å². The van der Waals surface area contributed by atoms with Gasteiger partial charge in [0.1, 0.15) is 5.69 Å². The quantitative estimate of drug-likeness (QED) is 0.776. The summed E-state index contributed by atoms with van der Waals surface area (Å²) in [5.74, 6) is 7.65. The summed E-state index contributed by atoms with van der Waals surface area (Å²) in [6, 6.07) is 3.81. The van der Waals surface area contributed by atoms with Crippen molar-refractivity contribution in [2.24, 2.45) is 5.73 Å². The average Bonchev–Trinajstić information content (AvgIpc) is 2.45. The maximum Gasteiger partial charge on any atom is 0.272 e. The van der Waals surface area contributed by atoms with Crippen LogP contribution in [-0.4, -0.2) is 46.4 Å². The molecule has 0 spiro atoms. The van der Waals surface area contributed by atoms with Gasteiger partial charge in [-0.1, -0.05) is 11.8 Å². The molecule has 0 aromatic carbocycles. The predicted octanol–water partition coefficient (Wildman–Crippen LogP) is 0.969. The minimum Gasteiger partial charge on any atom is -0.333 e. The third-order valence-corrected chi connectivity index (χ3v) is 4.14. The zero-order chi connectivity index (χ0) is 13.7. The molecule has 1 fully saturated rings. The van der Waals surface area contributed by atoms with E-state index in [9.17, 15) is 4.79 Å². The Balaban J connectivity index is 2.10. The molecule has 5 heteroatoms. The molecule has 0 aliphatic carbocycles. The second kappa shape index (κ2) is 6.60. The fourth-order valence-corrected chi connectivity index (χ4v) is 2.94. The molecule has 1 aromatic rings. The predicted molar refractivity (Wildman–Crippen MR) is 78.0 cm³/mol. The molecule has 0 bridgehead atoms. The van der Waals surface area contributed by atoms with Crippen molar-refractivity contribution in [2.75, 3.05) is 24.6 Å². The Bertz CT molecular complexity index is 504. The van der Waals surface area contributed by atoms with Gasteiger partial charge in [0.2, 0.25) is 0 Å². The molecule has 2 N–H and O–H groups in total. The van der Waals surface area contributed by atoms with Crippen molar-refractivity contribution in [3.63, 3.8) is 0 Å². The first-order chi connectivity index (χ1) is 9.22. The molecule has 100 valence electrons. The van der Waals surface area contributed by atoms with Crippen molar-refractivity contribution in [1.29, 1.82) is 0 Å². The summed E-state index contributed by atoms with van der Waals surface area (Å²) in [4.78, 5) is 18.4. The summed E-state index contributed by atoms with van der Waals surface area (Å²) < 4.78 is 0. The lowest BCUT2D eigenvalue weighted by Gasteiger charge is -2.32. The number of amides is 1. The first-order valence-electron chi connectivity index (χ1n) is 6.26. The van der Waals surface area contributed by atoms with E-state index in [1.54, 1.807) is 12.3 Å². The Labute approximate surface area is 117 Å². The van der Waals surface area contributed by atoms with E-state index in [1.165, 1.54) is 0 Å². The van der Waals surface area contributed by atoms with Gasteiger partial charge in [-0.25, -0.2) is 4.98 Å². The minimum atomic E-state index is 0.00568. The van der Waals surface area contributed by atoms with Crippen molar-refractivity contribution < 1.29 is 4.79 Å². The number of rotatable bonds is 1. The van der Waals surface area contributed by atoms with E-state index in [-0.39, 0.29) is 11.9 Å². The highest BCUT2D eigenvalue weighted by Crippen LogP contribution is 2.18. The van der Waals surface area contributed by atoms with E-state index < -0.39 is 0 Å². The molecule has 1 aliphatic rings. The van der Waals surface area contributed by atoms with Gasteiger partial charge < -0.3 is 10.6 Å². The van der Waals surface area contributed by atoms with E-state index in [4.69, 9.17) is 5.73 Å². The molecular formula is C14H17N3OS. The van der Waals surface area contributed by atoms with Crippen LogP contribution in [0, 0.1) is 11.8 Å². The maximum atomic E-state index is 12.3. The SMILES string of the molecule is CC1CSCCN1C(=O)c1ccc(C#CCN)cn1. The molecule has 1 aliphatic heterocycles. The topological polar surface area (TPSA) is 59.2 Å². The van der Waals surface area contributed by atoms with E-state index in [1.807, 2.05) is 22.7 Å². The van der Waals surface area contributed by atoms with Gasteiger partial charge in [-0.15, -0.1) is 0 Å². The van der Waals surface area contributed by atoms with Crippen LogP contribution in [-0.2, 0) is 0 Å². The molecule has 1 amide bonds. The summed E-state index contributed by atoms with van der Waals surface area (Å²) in [7, 11) is 0. The summed E-state index contributed by atoms with van der Waals surface area (Å²) in [5, 5.41) is 0. The number of thioether (sulfide) groups is 1. The molecule has 4 nitrogen and oxygen atoms in total. The standard InChI is InChI=1S/C14H17N3OS/c1-11-10-19-8-7-17(11)14(18)13-5-4-12(9-16-13)3-2-6-15/h4-5,9,11H,6-8,10,15H2,1H3. The van der Waals surface area contributed by atoms with Gasteiger partial charge in [-0.05, 0) is 19.1 Å². The van der Waals surface area contributed by atoms with Gasteiger partial charge in [0, 0.05) is 35.9 Å².